The van der Waals surface area contributed by atoms with Gasteiger partial charge in [0.05, 0.1) is 9.82 Å². The van der Waals surface area contributed by atoms with Crippen LogP contribution in [-0.2, 0) is 14.8 Å². The lowest BCUT2D eigenvalue weighted by Crippen LogP contribution is -2.24. The topological polar surface area (TPSA) is 171 Å². The number of amides is 1. The highest BCUT2D eigenvalue weighted by atomic mass is 32.2. The van der Waals surface area contributed by atoms with Crippen molar-refractivity contribution in [2.24, 2.45) is 15.9 Å². The van der Waals surface area contributed by atoms with Gasteiger partial charge in [-0.05, 0) is 12.1 Å². The standard InChI is InChI=1S/C9H11N5O5S/c1-5(15)12-7-3-2-6(4-8(7)14(16)17)20(18,19)13-9(10)11/h2-4H,1H3,(H,12,15)(H4,10,11,13). The normalized spacial score (nSPS) is 10.7. The zero-order chi connectivity index (χ0) is 15.5. The van der Waals surface area contributed by atoms with Crippen molar-refractivity contribution in [2.75, 3.05) is 5.32 Å². The SMILES string of the molecule is CC(=O)Nc1ccc(S(=O)(=O)N=C(N)N)cc1[N+](=O)[O-]. The van der Waals surface area contributed by atoms with Gasteiger partial charge in [-0.15, -0.1) is 4.40 Å². The summed E-state index contributed by atoms with van der Waals surface area (Å²) in [5, 5.41) is 13.1. The Kier molecular flexibility index (Phi) is 4.24. The Labute approximate surface area is 113 Å². The van der Waals surface area contributed by atoms with Gasteiger partial charge in [0, 0.05) is 13.0 Å². The van der Waals surface area contributed by atoms with Crippen molar-refractivity contribution in [1.82, 2.24) is 0 Å². The highest BCUT2D eigenvalue weighted by Crippen LogP contribution is 2.28. The average molecular weight is 301 g/mol. The molecule has 0 radical (unpaired) electrons. The minimum Gasteiger partial charge on any atom is -0.369 e. The average Bonchev–Trinajstić information content (AvgIpc) is 2.26. The van der Waals surface area contributed by atoms with Gasteiger partial charge in [-0.2, -0.15) is 8.42 Å². The molecular weight excluding hydrogens is 290 g/mol. The van der Waals surface area contributed by atoms with Gasteiger partial charge in [0.15, 0.2) is 0 Å². The number of anilines is 1. The molecule has 1 rings (SSSR count). The third-order valence-corrected chi connectivity index (χ3v) is 3.30. The van der Waals surface area contributed by atoms with Crippen molar-refractivity contribution in [1.29, 1.82) is 0 Å². The number of sulfonamides is 1. The fourth-order valence-electron chi connectivity index (χ4n) is 1.31. The maximum atomic E-state index is 11.7. The first-order valence-corrected chi connectivity index (χ1v) is 6.49. The minimum absolute atomic E-state index is 0.133. The van der Waals surface area contributed by atoms with E-state index in [1.54, 1.807) is 0 Å². The number of rotatable bonds is 4. The second-order valence-corrected chi connectivity index (χ2v) is 5.21. The fraction of sp³-hybridized carbons (Fsp3) is 0.111. The van der Waals surface area contributed by atoms with E-state index < -0.39 is 37.4 Å². The number of benzene rings is 1. The Morgan fingerprint density at radius 3 is 2.45 bits per heavy atom. The molecule has 0 aliphatic carbocycles. The summed E-state index contributed by atoms with van der Waals surface area (Å²) in [6.45, 7) is 1.16. The Morgan fingerprint density at radius 2 is 2.00 bits per heavy atom. The Hall–Kier alpha value is -2.69. The lowest BCUT2D eigenvalue weighted by atomic mass is 10.2. The molecule has 1 aromatic rings. The van der Waals surface area contributed by atoms with Crippen LogP contribution >= 0.6 is 0 Å². The number of hydrogen-bond acceptors (Lipinski definition) is 5. The first kappa shape index (κ1) is 15.4. The van der Waals surface area contributed by atoms with Gasteiger partial charge in [-0.3, -0.25) is 14.9 Å². The van der Waals surface area contributed by atoms with E-state index in [0.29, 0.717) is 0 Å². The van der Waals surface area contributed by atoms with Gasteiger partial charge in [0.1, 0.15) is 5.69 Å². The number of carbonyl (C=O) groups is 1. The highest BCUT2D eigenvalue weighted by molar-refractivity contribution is 7.90. The van der Waals surface area contributed by atoms with E-state index in [1.165, 1.54) is 0 Å². The van der Waals surface area contributed by atoms with Crippen LogP contribution in [0.1, 0.15) is 6.92 Å². The molecule has 0 bridgehead atoms. The summed E-state index contributed by atoms with van der Waals surface area (Å²) in [6, 6.07) is 2.88. The molecule has 1 amide bonds. The summed E-state index contributed by atoms with van der Waals surface area (Å²) in [4.78, 5) is 20.5. The van der Waals surface area contributed by atoms with E-state index in [4.69, 9.17) is 11.5 Å². The summed E-state index contributed by atoms with van der Waals surface area (Å²) in [5.74, 6) is -1.23. The van der Waals surface area contributed by atoms with Crippen LogP contribution < -0.4 is 16.8 Å². The smallest absolute Gasteiger partial charge is 0.294 e. The number of hydrogen-bond donors (Lipinski definition) is 3. The predicted octanol–water partition coefficient (Wildman–Crippen LogP) is -0.485. The Bertz CT molecular complexity index is 693. The molecule has 0 saturated carbocycles. The van der Waals surface area contributed by atoms with Crippen LogP contribution in [0.25, 0.3) is 0 Å². The van der Waals surface area contributed by atoms with Gasteiger partial charge in [0.2, 0.25) is 11.9 Å². The number of carbonyl (C=O) groups excluding carboxylic acids is 1. The third kappa shape index (κ3) is 3.65. The van der Waals surface area contributed by atoms with E-state index in [2.05, 4.69) is 9.71 Å². The van der Waals surface area contributed by atoms with E-state index >= 15 is 0 Å². The molecule has 0 aromatic heterocycles. The quantitative estimate of drug-likeness (QED) is 0.291. The Morgan fingerprint density at radius 1 is 1.40 bits per heavy atom. The molecule has 108 valence electrons. The monoisotopic (exact) mass is 301 g/mol. The van der Waals surface area contributed by atoms with E-state index in [9.17, 15) is 23.3 Å². The largest absolute Gasteiger partial charge is 0.369 e. The molecular formula is C9H11N5O5S. The number of guanidine groups is 1. The predicted molar refractivity (Wildman–Crippen MR) is 70.4 cm³/mol. The van der Waals surface area contributed by atoms with Crippen LogP contribution in [0.3, 0.4) is 0 Å². The van der Waals surface area contributed by atoms with E-state index in [1.807, 2.05) is 0 Å². The molecule has 20 heavy (non-hydrogen) atoms. The van der Waals surface area contributed by atoms with Crippen molar-refractivity contribution in [2.45, 2.75) is 11.8 Å². The molecule has 0 heterocycles. The van der Waals surface area contributed by atoms with Crippen LogP contribution in [0.2, 0.25) is 0 Å². The van der Waals surface area contributed by atoms with Crippen LogP contribution in [0, 0.1) is 10.1 Å². The number of nitro groups is 1. The number of nitrogens with two attached hydrogens (primary N) is 2. The maximum absolute atomic E-state index is 11.7. The van der Waals surface area contributed by atoms with Gasteiger partial charge in [-0.25, -0.2) is 0 Å². The number of nitro benzene ring substituents is 1. The van der Waals surface area contributed by atoms with Crippen LogP contribution in [0.5, 0.6) is 0 Å². The van der Waals surface area contributed by atoms with Gasteiger partial charge >= 0.3 is 0 Å². The highest BCUT2D eigenvalue weighted by Gasteiger charge is 2.21. The number of nitrogens with one attached hydrogen (secondary N) is 1. The van der Waals surface area contributed by atoms with Crippen molar-refractivity contribution in [3.8, 4) is 0 Å². The van der Waals surface area contributed by atoms with E-state index in [-0.39, 0.29) is 5.69 Å². The molecule has 0 aliphatic rings. The molecule has 0 fully saturated rings. The molecule has 10 nitrogen and oxygen atoms in total. The zero-order valence-corrected chi connectivity index (χ0v) is 11.0. The van der Waals surface area contributed by atoms with Crippen LogP contribution in [0.15, 0.2) is 27.5 Å². The lowest BCUT2D eigenvalue weighted by Gasteiger charge is -2.05. The molecule has 0 spiro atoms. The van der Waals surface area contributed by atoms with E-state index in [0.717, 1.165) is 25.1 Å². The van der Waals surface area contributed by atoms with Crippen molar-refractivity contribution >= 4 is 33.3 Å². The van der Waals surface area contributed by atoms with Crippen LogP contribution in [-0.4, -0.2) is 25.2 Å². The summed E-state index contributed by atoms with van der Waals surface area (Å²) >= 11 is 0. The van der Waals surface area contributed by atoms with Gasteiger partial charge in [0.25, 0.3) is 15.7 Å². The van der Waals surface area contributed by atoms with Crippen LogP contribution in [0.4, 0.5) is 11.4 Å². The maximum Gasteiger partial charge on any atom is 0.294 e. The van der Waals surface area contributed by atoms with Crippen molar-refractivity contribution < 1.29 is 18.1 Å². The number of nitrogens with zero attached hydrogens (tertiary/aromatic N) is 2. The molecule has 0 unspecified atom stereocenters. The summed E-state index contributed by atoms with van der Waals surface area (Å²) in [6.07, 6.45) is 0. The minimum atomic E-state index is -4.24. The molecule has 1 aromatic carbocycles. The van der Waals surface area contributed by atoms with Crippen molar-refractivity contribution in [3.05, 3.63) is 28.3 Å². The third-order valence-electron chi connectivity index (χ3n) is 2.00. The molecule has 11 heteroatoms. The second kappa shape index (κ2) is 5.52. The van der Waals surface area contributed by atoms with Gasteiger partial charge in [-0.1, -0.05) is 0 Å². The molecule has 0 aliphatic heterocycles. The van der Waals surface area contributed by atoms with Crippen molar-refractivity contribution in [3.63, 3.8) is 0 Å². The van der Waals surface area contributed by atoms with Gasteiger partial charge < -0.3 is 16.8 Å². The zero-order valence-electron chi connectivity index (χ0n) is 10.2. The Balaban J connectivity index is 3.41. The molecule has 0 atom stereocenters. The molecule has 0 saturated heterocycles. The lowest BCUT2D eigenvalue weighted by molar-refractivity contribution is -0.384. The fourth-order valence-corrected chi connectivity index (χ4v) is 2.19. The summed E-state index contributed by atoms with van der Waals surface area (Å²) in [7, 11) is -4.24. The first-order chi connectivity index (χ1) is 9.13. The summed E-state index contributed by atoms with van der Waals surface area (Å²) < 4.78 is 26.4. The summed E-state index contributed by atoms with van der Waals surface area (Å²) in [5.41, 5.74) is 9.21. The first-order valence-electron chi connectivity index (χ1n) is 5.05. The molecule has 5 N–H and O–H groups in total. The second-order valence-electron chi connectivity index (χ2n) is 3.61.